The van der Waals surface area contributed by atoms with Crippen LogP contribution in [0.4, 0.5) is 0 Å². The largest absolute Gasteiger partial charge is 0.319 e. The van der Waals surface area contributed by atoms with Crippen molar-refractivity contribution >= 4 is 15.9 Å². The van der Waals surface area contributed by atoms with Gasteiger partial charge in [0, 0.05) is 0 Å². The van der Waals surface area contributed by atoms with Gasteiger partial charge in [-0.3, -0.25) is 9.52 Å². The van der Waals surface area contributed by atoms with Crippen LogP contribution in [0.15, 0.2) is 12.7 Å². The van der Waals surface area contributed by atoms with Crippen LogP contribution in [0.25, 0.3) is 0 Å². The highest BCUT2D eigenvalue weighted by atomic mass is 32.2. The summed E-state index contributed by atoms with van der Waals surface area (Å²) in [6.45, 7) is 5.02. The molecular weight excluding hydrogens is 240 g/mol. The maximum Gasteiger partial charge on any atom is 0.251 e. The number of carbonyl (C=O) groups is 1. The monoisotopic (exact) mass is 256 g/mol. The molecule has 1 aliphatic carbocycles. The zero-order chi connectivity index (χ0) is 13.3. The van der Waals surface area contributed by atoms with Crippen molar-refractivity contribution < 1.29 is 13.2 Å². The number of terminal acetylenes is 1. The van der Waals surface area contributed by atoms with Crippen LogP contribution in [-0.4, -0.2) is 25.1 Å². The van der Waals surface area contributed by atoms with Gasteiger partial charge >= 0.3 is 0 Å². The van der Waals surface area contributed by atoms with Gasteiger partial charge in [0.2, 0.25) is 10.0 Å². The molecule has 0 bridgehead atoms. The van der Waals surface area contributed by atoms with Crippen molar-refractivity contribution in [3.8, 4) is 12.3 Å². The van der Waals surface area contributed by atoms with Crippen LogP contribution in [0, 0.1) is 18.3 Å². The Morgan fingerprint density at radius 3 is 2.53 bits per heavy atom. The molecular formula is C11H16N2O3S. The predicted octanol–water partition coefficient (Wildman–Crippen LogP) is -0.252. The van der Waals surface area contributed by atoms with E-state index in [0.29, 0.717) is 12.8 Å². The molecule has 5 nitrogen and oxygen atoms in total. The molecule has 0 aromatic heterocycles. The molecule has 1 aliphatic rings. The van der Waals surface area contributed by atoms with E-state index in [0.717, 1.165) is 0 Å². The fraction of sp³-hybridized carbons (Fsp3) is 0.545. The van der Waals surface area contributed by atoms with E-state index in [-0.39, 0.29) is 0 Å². The third kappa shape index (κ3) is 2.68. The number of nitrogens with one attached hydrogen (secondary N) is 1. The number of rotatable bonds is 5. The van der Waals surface area contributed by atoms with Crippen molar-refractivity contribution in [1.82, 2.24) is 4.72 Å². The Bertz CT molecular complexity index is 471. The van der Waals surface area contributed by atoms with Gasteiger partial charge in [0.15, 0.2) is 0 Å². The molecule has 1 rings (SSSR count). The van der Waals surface area contributed by atoms with Crippen molar-refractivity contribution in [2.75, 3.05) is 0 Å². The Hall–Kier alpha value is -1.32. The smallest absolute Gasteiger partial charge is 0.251 e. The number of carbonyl (C=O) groups excluding carboxylic acids is 1. The maximum absolute atomic E-state index is 11.8. The lowest BCUT2D eigenvalue weighted by molar-refractivity contribution is -0.121. The van der Waals surface area contributed by atoms with Gasteiger partial charge in [0.05, 0.1) is 10.7 Å². The van der Waals surface area contributed by atoms with Crippen LogP contribution in [0.2, 0.25) is 0 Å². The van der Waals surface area contributed by atoms with Crippen molar-refractivity contribution in [3.63, 3.8) is 0 Å². The van der Waals surface area contributed by atoms with Gasteiger partial charge in [-0.05, 0) is 19.8 Å². The number of sulfonamides is 1. The van der Waals surface area contributed by atoms with Gasteiger partial charge in [0.25, 0.3) is 5.91 Å². The highest BCUT2D eigenvalue weighted by molar-refractivity contribution is 7.91. The minimum Gasteiger partial charge on any atom is -0.319 e. The second-order valence-electron chi connectivity index (χ2n) is 4.37. The number of hydrogen-bond acceptors (Lipinski definition) is 4. The molecule has 0 aromatic rings. The van der Waals surface area contributed by atoms with Gasteiger partial charge in [-0.15, -0.1) is 13.0 Å². The summed E-state index contributed by atoms with van der Waals surface area (Å²) in [5.74, 6) is 0.800. The zero-order valence-corrected chi connectivity index (χ0v) is 10.5. The molecule has 17 heavy (non-hydrogen) atoms. The van der Waals surface area contributed by atoms with Crippen molar-refractivity contribution in [3.05, 3.63) is 12.7 Å². The van der Waals surface area contributed by atoms with Crippen LogP contribution in [0.3, 0.4) is 0 Å². The average molecular weight is 256 g/mol. The lowest BCUT2D eigenvalue weighted by Crippen LogP contribution is -2.49. The van der Waals surface area contributed by atoms with Gasteiger partial charge < -0.3 is 5.73 Å². The Labute approximate surface area is 102 Å². The van der Waals surface area contributed by atoms with Gasteiger partial charge in [-0.25, -0.2) is 8.42 Å². The lowest BCUT2D eigenvalue weighted by Gasteiger charge is -2.17. The fourth-order valence-electron chi connectivity index (χ4n) is 1.25. The van der Waals surface area contributed by atoms with Crippen LogP contribution < -0.4 is 10.5 Å². The second-order valence-corrected chi connectivity index (χ2v) is 6.57. The highest BCUT2D eigenvalue weighted by Crippen LogP contribution is 2.42. The molecule has 0 aliphatic heterocycles. The van der Waals surface area contributed by atoms with E-state index in [9.17, 15) is 13.2 Å². The van der Waals surface area contributed by atoms with Crippen LogP contribution >= 0.6 is 0 Å². The van der Waals surface area contributed by atoms with Crippen LogP contribution in [0.5, 0.6) is 0 Å². The summed E-state index contributed by atoms with van der Waals surface area (Å²) in [6.07, 6.45) is 7.59. The minimum absolute atomic E-state index is 0.547. The highest BCUT2D eigenvalue weighted by Gasteiger charge is 2.51. The molecule has 0 saturated heterocycles. The molecule has 0 radical (unpaired) electrons. The van der Waals surface area contributed by atoms with Crippen molar-refractivity contribution in [2.24, 2.45) is 11.7 Å². The summed E-state index contributed by atoms with van der Waals surface area (Å²) in [7, 11) is -3.66. The first kappa shape index (κ1) is 13.7. The van der Waals surface area contributed by atoms with Crippen molar-refractivity contribution in [1.29, 1.82) is 0 Å². The molecule has 0 heterocycles. The third-order valence-electron chi connectivity index (χ3n) is 2.97. The Morgan fingerprint density at radius 1 is 1.65 bits per heavy atom. The zero-order valence-electron chi connectivity index (χ0n) is 9.64. The lowest BCUT2D eigenvalue weighted by atomic mass is 10.0. The second kappa shape index (κ2) is 4.51. The number of amides is 1. The Morgan fingerprint density at radius 2 is 2.18 bits per heavy atom. The quantitative estimate of drug-likeness (QED) is 0.524. The number of hydrogen-bond donors (Lipinski definition) is 2. The van der Waals surface area contributed by atoms with Crippen LogP contribution in [0.1, 0.15) is 19.8 Å². The first-order chi connectivity index (χ1) is 7.77. The molecule has 1 fully saturated rings. The fourth-order valence-corrected chi connectivity index (χ4v) is 2.54. The molecule has 94 valence electrons. The van der Waals surface area contributed by atoms with E-state index in [1.54, 1.807) is 6.92 Å². The topological polar surface area (TPSA) is 89.3 Å². The van der Waals surface area contributed by atoms with Gasteiger partial charge in [0.1, 0.15) is 6.04 Å². The summed E-state index contributed by atoms with van der Waals surface area (Å²) in [5.41, 5.74) is 5.56. The Kier molecular flexibility index (Phi) is 3.65. The molecule has 3 N–H and O–H groups in total. The molecule has 6 heteroatoms. The minimum atomic E-state index is -3.66. The third-order valence-corrected chi connectivity index (χ3v) is 5.15. The first-order valence-corrected chi connectivity index (χ1v) is 6.66. The summed E-state index contributed by atoms with van der Waals surface area (Å²) in [6, 6.07) is -1.10. The van der Waals surface area contributed by atoms with E-state index in [1.165, 1.54) is 6.08 Å². The molecule has 1 amide bonds. The molecule has 0 aromatic carbocycles. The van der Waals surface area contributed by atoms with Gasteiger partial charge in [-0.2, -0.15) is 0 Å². The average Bonchev–Trinajstić information content (AvgIpc) is 2.99. The van der Waals surface area contributed by atoms with Gasteiger partial charge in [-0.1, -0.05) is 12.0 Å². The standard InChI is InChI=1S/C11H16N2O3S/c1-4-8(5-2)9(12)10(14)13-17(15,16)11(3)6-7-11/h1,5,8-9H,2,6-7,12H2,3H3,(H,13,14)/t8-,9?/m0/s1. The van der Waals surface area contributed by atoms with E-state index < -0.39 is 32.6 Å². The van der Waals surface area contributed by atoms with E-state index in [4.69, 9.17) is 12.2 Å². The molecule has 1 saturated carbocycles. The number of nitrogens with two attached hydrogens (primary N) is 1. The van der Waals surface area contributed by atoms with E-state index in [2.05, 4.69) is 12.5 Å². The summed E-state index contributed by atoms with van der Waals surface area (Å²) < 4.78 is 24.7. The Balaban J connectivity index is 2.74. The molecule has 1 unspecified atom stereocenters. The van der Waals surface area contributed by atoms with E-state index in [1.807, 2.05) is 4.72 Å². The summed E-state index contributed by atoms with van der Waals surface area (Å²) >= 11 is 0. The predicted molar refractivity (Wildman–Crippen MR) is 65.2 cm³/mol. The summed E-state index contributed by atoms with van der Waals surface area (Å²) in [4.78, 5) is 11.6. The molecule has 0 spiro atoms. The maximum atomic E-state index is 11.8. The van der Waals surface area contributed by atoms with E-state index >= 15 is 0 Å². The van der Waals surface area contributed by atoms with Crippen LogP contribution in [-0.2, 0) is 14.8 Å². The molecule has 2 atom stereocenters. The van der Waals surface area contributed by atoms with Crippen molar-refractivity contribution in [2.45, 2.75) is 30.6 Å². The normalized spacial score (nSPS) is 20.8. The first-order valence-electron chi connectivity index (χ1n) is 5.18. The summed E-state index contributed by atoms with van der Waals surface area (Å²) in [5, 5.41) is 0. The SMILES string of the molecule is C#C[C@@H](C=C)C(N)C(=O)NS(=O)(=O)C1(C)CC1.